The number of amides is 1. The molecule has 3 rings (SSSR count). The molecule has 0 saturated carbocycles. The van der Waals surface area contributed by atoms with E-state index in [0.717, 1.165) is 33.6 Å². The maximum atomic E-state index is 12.3. The number of nitrogens with zero attached hydrogens (tertiary/aromatic N) is 3. The van der Waals surface area contributed by atoms with Gasteiger partial charge in [0.05, 0.1) is 5.52 Å². The number of rotatable bonds is 1. The van der Waals surface area contributed by atoms with E-state index in [4.69, 9.17) is 0 Å². The molecule has 0 bridgehead atoms. The summed E-state index contributed by atoms with van der Waals surface area (Å²) >= 11 is 0. The highest BCUT2D eigenvalue weighted by Crippen LogP contribution is 2.30. The van der Waals surface area contributed by atoms with Crippen molar-refractivity contribution in [1.29, 1.82) is 0 Å². The third kappa shape index (κ3) is 1.94. The molecule has 0 atom stereocenters. The van der Waals surface area contributed by atoms with E-state index in [0.29, 0.717) is 0 Å². The van der Waals surface area contributed by atoms with Crippen LogP contribution in [-0.4, -0.2) is 34.2 Å². The molecule has 0 N–H and O–H groups in total. The first-order valence-corrected chi connectivity index (χ1v) is 7.07. The number of aromatic nitrogens is 1. The minimum atomic E-state index is -0.700. The molecule has 1 aromatic carbocycles. The first-order valence-electron chi connectivity index (χ1n) is 7.07. The van der Waals surface area contributed by atoms with Crippen LogP contribution in [0.4, 0.5) is 0 Å². The number of likely N-dealkylation sites (N-methyl/N-ethyl adjacent to an activating group) is 1. The Balaban J connectivity index is 2.36. The lowest BCUT2D eigenvalue weighted by molar-refractivity contribution is -0.129. The van der Waals surface area contributed by atoms with Crippen LogP contribution in [0.2, 0.25) is 0 Å². The lowest BCUT2D eigenvalue weighted by atomic mass is 10.0. The van der Waals surface area contributed by atoms with Crippen LogP contribution in [0.3, 0.4) is 0 Å². The first-order chi connectivity index (χ1) is 9.83. The highest BCUT2D eigenvalue weighted by molar-refractivity contribution is 6.20. The van der Waals surface area contributed by atoms with E-state index < -0.39 is 5.54 Å². The Morgan fingerprint density at radius 2 is 1.81 bits per heavy atom. The molecule has 2 heterocycles. The fourth-order valence-electron chi connectivity index (χ4n) is 2.84. The number of aryl methyl sites for hydroxylation is 1. The molecule has 108 valence electrons. The van der Waals surface area contributed by atoms with Gasteiger partial charge < -0.3 is 0 Å². The number of pyridine rings is 1. The molecule has 1 amide bonds. The van der Waals surface area contributed by atoms with Gasteiger partial charge >= 0.3 is 0 Å². The van der Waals surface area contributed by atoms with Gasteiger partial charge in [0.2, 0.25) is 0 Å². The van der Waals surface area contributed by atoms with Gasteiger partial charge in [0.25, 0.3) is 5.91 Å². The molecule has 0 aliphatic carbocycles. The fraction of sp³-hybridized carbons (Fsp3) is 0.353. The minimum absolute atomic E-state index is 0.0236. The Bertz CT molecular complexity index is 790. The highest BCUT2D eigenvalue weighted by Gasteiger charge is 2.40. The molecule has 21 heavy (non-hydrogen) atoms. The van der Waals surface area contributed by atoms with Crippen molar-refractivity contribution in [1.82, 2.24) is 9.88 Å². The Morgan fingerprint density at radius 3 is 2.43 bits per heavy atom. The van der Waals surface area contributed by atoms with Crippen LogP contribution < -0.4 is 0 Å². The van der Waals surface area contributed by atoms with Gasteiger partial charge in [-0.05, 0) is 39.3 Å². The van der Waals surface area contributed by atoms with Crippen molar-refractivity contribution in [3.8, 4) is 0 Å². The van der Waals surface area contributed by atoms with Crippen LogP contribution in [-0.2, 0) is 4.79 Å². The lowest BCUT2D eigenvalue weighted by Gasteiger charge is -2.18. The number of fused-ring (bicyclic) bond motifs is 1. The number of benzene rings is 1. The minimum Gasteiger partial charge on any atom is -0.298 e. The molecule has 1 aliphatic rings. The second kappa shape index (κ2) is 4.38. The Morgan fingerprint density at radius 1 is 1.14 bits per heavy atom. The average molecular weight is 281 g/mol. The molecule has 1 aliphatic heterocycles. The summed E-state index contributed by atoms with van der Waals surface area (Å²) in [5.41, 5.74) is 3.29. The van der Waals surface area contributed by atoms with E-state index >= 15 is 0 Å². The monoisotopic (exact) mass is 281 g/mol. The van der Waals surface area contributed by atoms with E-state index in [-0.39, 0.29) is 5.91 Å². The number of carbonyl (C=O) groups is 1. The van der Waals surface area contributed by atoms with Crippen molar-refractivity contribution < 1.29 is 4.79 Å². The molecular formula is C17H19N3O. The van der Waals surface area contributed by atoms with Crippen LogP contribution in [0.1, 0.15) is 30.7 Å². The number of hydrogen-bond donors (Lipinski definition) is 0. The van der Waals surface area contributed by atoms with Gasteiger partial charge in [-0.3, -0.25) is 19.7 Å². The molecular weight excluding hydrogens is 262 g/mol. The van der Waals surface area contributed by atoms with Crippen molar-refractivity contribution in [2.24, 2.45) is 4.99 Å². The predicted octanol–water partition coefficient (Wildman–Crippen LogP) is 2.85. The largest absolute Gasteiger partial charge is 0.298 e. The summed E-state index contributed by atoms with van der Waals surface area (Å²) in [5, 5.41) is 1.04. The Kier molecular flexibility index (Phi) is 2.87. The Labute approximate surface area is 124 Å². The zero-order valence-electron chi connectivity index (χ0n) is 13.1. The predicted molar refractivity (Wildman–Crippen MR) is 84.6 cm³/mol. The summed E-state index contributed by atoms with van der Waals surface area (Å²) in [6, 6.07) is 8.00. The van der Waals surface area contributed by atoms with Crippen LogP contribution >= 0.6 is 0 Å². The van der Waals surface area contributed by atoms with Crippen molar-refractivity contribution >= 4 is 22.6 Å². The highest BCUT2D eigenvalue weighted by atomic mass is 16.2. The molecule has 1 aromatic heterocycles. The van der Waals surface area contributed by atoms with Crippen LogP contribution in [0.5, 0.6) is 0 Å². The van der Waals surface area contributed by atoms with E-state index in [1.807, 2.05) is 52.0 Å². The van der Waals surface area contributed by atoms with Gasteiger partial charge in [-0.1, -0.05) is 18.2 Å². The van der Waals surface area contributed by atoms with Gasteiger partial charge in [-0.2, -0.15) is 0 Å². The third-order valence-corrected chi connectivity index (χ3v) is 4.13. The summed E-state index contributed by atoms with van der Waals surface area (Å²) in [7, 11) is 1.79. The number of amidine groups is 1. The van der Waals surface area contributed by atoms with E-state index in [1.54, 1.807) is 11.9 Å². The summed E-state index contributed by atoms with van der Waals surface area (Å²) in [6.45, 7) is 7.73. The molecule has 2 aromatic rings. The molecule has 0 saturated heterocycles. The third-order valence-electron chi connectivity index (χ3n) is 4.13. The lowest BCUT2D eigenvalue weighted by Crippen LogP contribution is -2.36. The van der Waals surface area contributed by atoms with Crippen molar-refractivity contribution in [3.63, 3.8) is 0 Å². The van der Waals surface area contributed by atoms with Crippen LogP contribution in [0.25, 0.3) is 10.9 Å². The smallest absolute Gasteiger partial charge is 0.255 e. The normalized spacial score (nSPS) is 17.5. The fourth-order valence-corrected chi connectivity index (χ4v) is 2.84. The molecule has 0 radical (unpaired) electrons. The van der Waals surface area contributed by atoms with Crippen molar-refractivity contribution in [2.75, 3.05) is 7.05 Å². The molecule has 0 fully saturated rings. The second-order valence-electron chi connectivity index (χ2n) is 6.07. The number of hydrogen-bond acceptors (Lipinski definition) is 3. The van der Waals surface area contributed by atoms with Gasteiger partial charge in [0.1, 0.15) is 11.4 Å². The summed E-state index contributed by atoms with van der Waals surface area (Å²) in [4.78, 5) is 23.3. The molecule has 0 unspecified atom stereocenters. The molecule has 4 nitrogen and oxygen atoms in total. The standard InChI is InChI=1S/C17H19N3O/c1-10-11(2)18-13-9-7-6-8-12(13)14(10)15-19-17(3,4)16(21)20(15)5/h6-9H,1-5H3. The van der Waals surface area contributed by atoms with Crippen LogP contribution in [0, 0.1) is 13.8 Å². The summed E-state index contributed by atoms with van der Waals surface area (Å²) in [5.74, 6) is 0.764. The number of carbonyl (C=O) groups excluding carboxylic acids is 1. The van der Waals surface area contributed by atoms with Crippen molar-refractivity contribution in [3.05, 3.63) is 41.1 Å². The van der Waals surface area contributed by atoms with Gasteiger partial charge in [0.15, 0.2) is 0 Å². The van der Waals surface area contributed by atoms with E-state index in [9.17, 15) is 4.79 Å². The topological polar surface area (TPSA) is 45.6 Å². The van der Waals surface area contributed by atoms with Gasteiger partial charge in [-0.15, -0.1) is 0 Å². The second-order valence-corrected chi connectivity index (χ2v) is 6.07. The zero-order valence-corrected chi connectivity index (χ0v) is 13.1. The van der Waals surface area contributed by atoms with Crippen LogP contribution in [0.15, 0.2) is 29.3 Å². The SMILES string of the molecule is Cc1nc2ccccc2c(C2=NC(C)(C)C(=O)N2C)c1C. The average Bonchev–Trinajstić information content (AvgIpc) is 2.64. The quantitative estimate of drug-likeness (QED) is 0.807. The first kappa shape index (κ1) is 13.7. The Hall–Kier alpha value is -2.23. The van der Waals surface area contributed by atoms with Gasteiger partial charge in [0, 0.05) is 23.7 Å². The van der Waals surface area contributed by atoms with E-state index in [2.05, 4.69) is 9.98 Å². The summed E-state index contributed by atoms with van der Waals surface area (Å²) < 4.78 is 0. The maximum Gasteiger partial charge on any atom is 0.255 e. The zero-order chi connectivity index (χ0) is 15.4. The molecule has 4 heteroatoms. The summed E-state index contributed by atoms with van der Waals surface area (Å²) in [6.07, 6.45) is 0. The van der Waals surface area contributed by atoms with E-state index in [1.165, 1.54) is 0 Å². The van der Waals surface area contributed by atoms with Crippen molar-refractivity contribution in [2.45, 2.75) is 33.2 Å². The maximum absolute atomic E-state index is 12.3. The van der Waals surface area contributed by atoms with Gasteiger partial charge in [-0.25, -0.2) is 0 Å². The number of para-hydroxylation sites is 1. The molecule has 0 spiro atoms. The number of aliphatic imine (C=N–C) groups is 1.